The van der Waals surface area contributed by atoms with Crippen molar-refractivity contribution >= 4 is 22.3 Å². The zero-order chi connectivity index (χ0) is 21.4. The minimum atomic E-state index is -0.283. The van der Waals surface area contributed by atoms with E-state index in [0.29, 0.717) is 11.5 Å². The maximum absolute atomic E-state index is 12.0. The van der Waals surface area contributed by atoms with E-state index < -0.39 is 0 Å². The highest BCUT2D eigenvalue weighted by atomic mass is 32.1. The third-order valence-corrected chi connectivity index (χ3v) is 6.70. The van der Waals surface area contributed by atoms with Gasteiger partial charge in [-0.1, -0.05) is 18.2 Å². The van der Waals surface area contributed by atoms with Gasteiger partial charge in [0, 0.05) is 50.7 Å². The Kier molecular flexibility index (Phi) is 5.48. The molecule has 0 saturated carbocycles. The Balaban J connectivity index is 1.24. The van der Waals surface area contributed by atoms with Crippen molar-refractivity contribution in [2.24, 2.45) is 0 Å². The number of nitrogens with zero attached hydrogens (tertiary/aromatic N) is 3. The largest absolute Gasteiger partial charge is 0.440 e. The fraction of sp³-hybridized carbons (Fsp3) is 0.333. The highest BCUT2D eigenvalue weighted by molar-refractivity contribution is 7.13. The van der Waals surface area contributed by atoms with E-state index in [2.05, 4.69) is 21.9 Å². The van der Waals surface area contributed by atoms with Crippen LogP contribution in [0.3, 0.4) is 0 Å². The van der Waals surface area contributed by atoms with Crippen LogP contribution in [0.25, 0.3) is 21.7 Å². The van der Waals surface area contributed by atoms with Gasteiger partial charge in [-0.3, -0.25) is 9.80 Å². The number of hydrogen-bond acceptors (Lipinski definition) is 7. The Morgan fingerprint density at radius 1 is 1.00 bits per heavy atom. The number of benzene rings is 1. The molecule has 0 unspecified atom stereocenters. The van der Waals surface area contributed by atoms with Crippen LogP contribution in [0.4, 0.5) is 0 Å². The number of aromatic nitrogens is 1. The Hall–Kier alpha value is -2.74. The first-order chi connectivity index (χ1) is 15.0. The van der Waals surface area contributed by atoms with Crippen molar-refractivity contribution in [1.82, 2.24) is 14.8 Å². The number of thiophene rings is 1. The zero-order valence-electron chi connectivity index (χ0n) is 17.8. The van der Waals surface area contributed by atoms with Crippen molar-refractivity contribution in [2.45, 2.75) is 26.9 Å². The molecule has 0 amide bonds. The van der Waals surface area contributed by atoms with Crippen molar-refractivity contribution in [1.29, 1.82) is 0 Å². The third-order valence-electron chi connectivity index (χ3n) is 5.84. The summed E-state index contributed by atoms with van der Waals surface area (Å²) in [6, 6.07) is 11.7. The SMILES string of the molecule is Cc1ccc2c(CN3CCN(Cc4nc(-c5cccs5)oc4C)CC3)cc(=O)oc2c1. The molecule has 6 nitrogen and oxygen atoms in total. The Bertz CT molecular complexity index is 1250. The predicted octanol–water partition coefficient (Wildman–Crippen LogP) is 4.44. The average Bonchev–Trinajstić information content (AvgIpc) is 3.39. The molecule has 0 aliphatic carbocycles. The van der Waals surface area contributed by atoms with Crippen LogP contribution in [-0.2, 0) is 13.1 Å². The molecule has 7 heteroatoms. The summed E-state index contributed by atoms with van der Waals surface area (Å²) in [7, 11) is 0. The Labute approximate surface area is 184 Å². The summed E-state index contributed by atoms with van der Waals surface area (Å²) in [5, 5.41) is 3.06. The first kappa shape index (κ1) is 20.2. The molecule has 4 aromatic rings. The fourth-order valence-electron chi connectivity index (χ4n) is 4.11. The van der Waals surface area contributed by atoms with Crippen molar-refractivity contribution in [3.8, 4) is 10.8 Å². The van der Waals surface area contributed by atoms with Crippen LogP contribution < -0.4 is 5.63 Å². The van der Waals surface area contributed by atoms with Crippen LogP contribution in [0.2, 0.25) is 0 Å². The summed E-state index contributed by atoms with van der Waals surface area (Å²) >= 11 is 1.64. The molecule has 1 aliphatic heterocycles. The van der Waals surface area contributed by atoms with Gasteiger partial charge >= 0.3 is 5.63 Å². The van der Waals surface area contributed by atoms with E-state index in [-0.39, 0.29) is 5.63 Å². The van der Waals surface area contributed by atoms with Gasteiger partial charge in [0.2, 0.25) is 5.89 Å². The lowest BCUT2D eigenvalue weighted by Crippen LogP contribution is -2.45. The highest BCUT2D eigenvalue weighted by Crippen LogP contribution is 2.27. The molecule has 3 aromatic heterocycles. The monoisotopic (exact) mass is 435 g/mol. The number of aryl methyl sites for hydroxylation is 2. The molecular weight excluding hydrogens is 410 g/mol. The van der Waals surface area contributed by atoms with Crippen LogP contribution in [0.15, 0.2) is 55.4 Å². The van der Waals surface area contributed by atoms with E-state index >= 15 is 0 Å². The molecule has 5 rings (SSSR count). The predicted molar refractivity (Wildman–Crippen MR) is 122 cm³/mol. The van der Waals surface area contributed by atoms with Gasteiger partial charge in [-0.15, -0.1) is 11.3 Å². The number of fused-ring (bicyclic) bond motifs is 1. The van der Waals surface area contributed by atoms with Crippen LogP contribution in [0.5, 0.6) is 0 Å². The molecule has 31 heavy (non-hydrogen) atoms. The van der Waals surface area contributed by atoms with E-state index in [0.717, 1.165) is 72.1 Å². The van der Waals surface area contributed by atoms with Gasteiger partial charge in [0.15, 0.2) is 0 Å². The van der Waals surface area contributed by atoms with Gasteiger partial charge in [0.1, 0.15) is 11.3 Å². The quantitative estimate of drug-likeness (QED) is 0.432. The van der Waals surface area contributed by atoms with E-state index in [4.69, 9.17) is 13.8 Å². The van der Waals surface area contributed by atoms with Crippen molar-refractivity contribution in [2.75, 3.05) is 26.2 Å². The molecule has 0 N–H and O–H groups in total. The minimum Gasteiger partial charge on any atom is -0.440 e. The second-order valence-electron chi connectivity index (χ2n) is 8.14. The standard InChI is InChI=1S/C24H25N3O3S/c1-16-5-6-19-18(13-23(28)30-21(19)12-16)14-26-7-9-27(10-8-26)15-20-17(2)29-24(25-20)22-4-3-11-31-22/h3-6,11-13H,7-10,14-15H2,1-2H3. The molecular formula is C24H25N3O3S. The van der Waals surface area contributed by atoms with Crippen molar-refractivity contribution < 1.29 is 8.83 Å². The lowest BCUT2D eigenvalue weighted by Gasteiger charge is -2.34. The van der Waals surface area contributed by atoms with Gasteiger partial charge in [0.25, 0.3) is 0 Å². The lowest BCUT2D eigenvalue weighted by molar-refractivity contribution is 0.121. The number of piperazine rings is 1. The summed E-state index contributed by atoms with van der Waals surface area (Å²) in [6.07, 6.45) is 0. The van der Waals surface area contributed by atoms with Gasteiger partial charge in [-0.2, -0.15) is 0 Å². The molecule has 4 heterocycles. The van der Waals surface area contributed by atoms with E-state index in [1.807, 2.05) is 37.4 Å². The summed E-state index contributed by atoms with van der Waals surface area (Å²) < 4.78 is 11.3. The first-order valence-corrected chi connectivity index (χ1v) is 11.4. The highest BCUT2D eigenvalue weighted by Gasteiger charge is 2.21. The second kappa shape index (κ2) is 8.42. The van der Waals surface area contributed by atoms with Gasteiger partial charge < -0.3 is 8.83 Å². The normalized spacial score (nSPS) is 15.7. The second-order valence-corrected chi connectivity index (χ2v) is 9.09. The molecule has 0 bridgehead atoms. The minimum absolute atomic E-state index is 0.283. The number of rotatable bonds is 5. The van der Waals surface area contributed by atoms with E-state index in [1.165, 1.54) is 0 Å². The van der Waals surface area contributed by atoms with Crippen LogP contribution >= 0.6 is 11.3 Å². The molecule has 1 aromatic carbocycles. The average molecular weight is 436 g/mol. The van der Waals surface area contributed by atoms with E-state index in [9.17, 15) is 4.79 Å². The smallest absolute Gasteiger partial charge is 0.336 e. The summed E-state index contributed by atoms with van der Waals surface area (Å²) in [5.74, 6) is 1.61. The number of oxazole rings is 1. The maximum Gasteiger partial charge on any atom is 0.336 e. The molecule has 0 atom stereocenters. The molecule has 1 saturated heterocycles. The molecule has 1 aliphatic rings. The van der Waals surface area contributed by atoms with Gasteiger partial charge in [0.05, 0.1) is 10.6 Å². The molecule has 0 radical (unpaired) electrons. The lowest BCUT2D eigenvalue weighted by atomic mass is 10.1. The molecule has 0 spiro atoms. The Morgan fingerprint density at radius 2 is 1.77 bits per heavy atom. The topological polar surface area (TPSA) is 62.7 Å². The number of hydrogen-bond donors (Lipinski definition) is 0. The van der Waals surface area contributed by atoms with Crippen molar-refractivity contribution in [3.05, 3.63) is 74.8 Å². The summed E-state index contributed by atoms with van der Waals surface area (Å²) in [4.78, 5) is 22.6. The van der Waals surface area contributed by atoms with Crippen LogP contribution in [0.1, 0.15) is 22.6 Å². The Morgan fingerprint density at radius 3 is 2.52 bits per heavy atom. The van der Waals surface area contributed by atoms with E-state index in [1.54, 1.807) is 17.4 Å². The first-order valence-electron chi connectivity index (χ1n) is 10.5. The van der Waals surface area contributed by atoms with Gasteiger partial charge in [-0.25, -0.2) is 9.78 Å². The molecule has 1 fully saturated rings. The van der Waals surface area contributed by atoms with Crippen molar-refractivity contribution in [3.63, 3.8) is 0 Å². The zero-order valence-corrected chi connectivity index (χ0v) is 18.6. The third kappa shape index (κ3) is 4.35. The van der Waals surface area contributed by atoms with Crippen LogP contribution in [-0.4, -0.2) is 41.0 Å². The summed E-state index contributed by atoms with van der Waals surface area (Å²) in [6.45, 7) is 9.35. The fourth-order valence-corrected chi connectivity index (χ4v) is 4.76. The maximum atomic E-state index is 12.0. The summed E-state index contributed by atoms with van der Waals surface area (Å²) in [5.41, 5.74) is 3.53. The van der Waals surface area contributed by atoms with Gasteiger partial charge in [-0.05, 0) is 42.5 Å². The molecule has 160 valence electrons. The van der Waals surface area contributed by atoms with Crippen LogP contribution in [0, 0.1) is 13.8 Å².